The van der Waals surface area contributed by atoms with Gasteiger partial charge in [-0.1, -0.05) is 12.1 Å². The first-order valence-electron chi connectivity index (χ1n) is 9.65. The Morgan fingerprint density at radius 3 is 1.57 bits per heavy atom. The highest BCUT2D eigenvalue weighted by atomic mass is 16.3. The lowest BCUT2D eigenvalue weighted by atomic mass is 10.1. The average Bonchev–Trinajstić information content (AvgIpc) is 2.72. The Morgan fingerprint density at radius 2 is 1.17 bits per heavy atom. The quantitative estimate of drug-likeness (QED) is 0.228. The number of rotatable bonds is 10. The highest BCUT2D eigenvalue weighted by Gasteiger charge is 2.14. The van der Waals surface area contributed by atoms with Gasteiger partial charge in [0.15, 0.2) is 23.0 Å². The molecule has 0 spiro atoms. The molecule has 0 heterocycles. The fraction of sp³-hybridized carbons (Fsp3) is 0.333. The lowest BCUT2D eigenvalue weighted by Gasteiger charge is -2.13. The second kappa shape index (κ2) is 10.9. The van der Waals surface area contributed by atoms with E-state index < -0.39 is 23.3 Å². The summed E-state index contributed by atoms with van der Waals surface area (Å²) in [5, 5.41) is 43.6. The Kier molecular flexibility index (Phi) is 8.30. The molecule has 0 unspecified atom stereocenters. The highest BCUT2D eigenvalue weighted by Crippen LogP contribution is 2.28. The van der Waals surface area contributed by atoms with Crippen LogP contribution in [0.1, 0.15) is 46.4 Å². The molecule has 2 amide bonds. The van der Waals surface area contributed by atoms with E-state index in [1.807, 2.05) is 0 Å². The van der Waals surface area contributed by atoms with Crippen LogP contribution in [0.3, 0.4) is 0 Å². The van der Waals surface area contributed by atoms with E-state index in [9.17, 15) is 30.0 Å². The lowest BCUT2D eigenvalue weighted by molar-refractivity contribution is 0.0942. The molecule has 0 aliphatic rings. The number of hydrogen-bond donors (Lipinski definition) is 7. The van der Waals surface area contributed by atoms with Crippen molar-refractivity contribution in [3.05, 3.63) is 47.5 Å². The number of phenolic OH excluding ortho intramolecular Hbond substituents is 4. The Morgan fingerprint density at radius 1 is 0.767 bits per heavy atom. The van der Waals surface area contributed by atoms with Gasteiger partial charge in [-0.3, -0.25) is 9.59 Å². The highest BCUT2D eigenvalue weighted by molar-refractivity contribution is 5.98. The van der Waals surface area contributed by atoms with Crippen molar-refractivity contribution in [2.75, 3.05) is 13.1 Å². The lowest BCUT2D eigenvalue weighted by Crippen LogP contribution is -2.28. The van der Waals surface area contributed by atoms with E-state index in [0.717, 1.165) is 0 Å². The molecule has 2 rings (SSSR count). The van der Waals surface area contributed by atoms with Gasteiger partial charge in [-0.2, -0.15) is 0 Å². The van der Waals surface area contributed by atoms with Gasteiger partial charge >= 0.3 is 0 Å². The molecular weight excluding hydrogens is 390 g/mol. The Labute approximate surface area is 174 Å². The molecule has 0 aromatic heterocycles. The molecule has 9 heteroatoms. The van der Waals surface area contributed by atoms with Crippen LogP contribution in [0.15, 0.2) is 36.4 Å². The number of phenols is 4. The number of amides is 2. The molecule has 0 aliphatic carbocycles. The molecule has 0 saturated carbocycles. The molecule has 30 heavy (non-hydrogen) atoms. The van der Waals surface area contributed by atoms with E-state index in [-0.39, 0.29) is 28.7 Å². The number of carbonyl (C=O) groups excluding carboxylic acids is 2. The molecular formula is C21H27N3O6. The minimum Gasteiger partial charge on any atom is -0.504 e. The van der Waals surface area contributed by atoms with Crippen LogP contribution in [0.4, 0.5) is 0 Å². The number of carbonyl (C=O) groups is 2. The molecule has 0 aliphatic heterocycles. The zero-order chi connectivity index (χ0) is 22.1. The van der Waals surface area contributed by atoms with Gasteiger partial charge in [0.05, 0.1) is 11.1 Å². The second-order valence-corrected chi connectivity index (χ2v) is 6.90. The maximum absolute atomic E-state index is 12.0. The molecule has 8 N–H and O–H groups in total. The third kappa shape index (κ3) is 6.28. The maximum Gasteiger partial charge on any atom is 0.255 e. The predicted molar refractivity (Wildman–Crippen MR) is 111 cm³/mol. The summed E-state index contributed by atoms with van der Waals surface area (Å²) in [6, 6.07) is 8.25. The van der Waals surface area contributed by atoms with Crippen molar-refractivity contribution in [2.24, 2.45) is 5.73 Å². The summed E-state index contributed by atoms with van der Waals surface area (Å²) < 4.78 is 0. The van der Waals surface area contributed by atoms with Crippen molar-refractivity contribution >= 4 is 11.8 Å². The largest absolute Gasteiger partial charge is 0.504 e. The molecule has 0 atom stereocenters. The summed E-state index contributed by atoms with van der Waals surface area (Å²) in [7, 11) is 0. The fourth-order valence-electron chi connectivity index (χ4n) is 2.90. The van der Waals surface area contributed by atoms with Gasteiger partial charge in [-0.15, -0.1) is 0 Å². The third-order valence-corrected chi connectivity index (χ3v) is 4.59. The van der Waals surface area contributed by atoms with E-state index in [4.69, 9.17) is 5.73 Å². The first-order chi connectivity index (χ1) is 14.3. The van der Waals surface area contributed by atoms with Gasteiger partial charge in [0.2, 0.25) is 0 Å². The van der Waals surface area contributed by atoms with Crippen LogP contribution in [0, 0.1) is 0 Å². The molecule has 2 aromatic rings. The summed E-state index contributed by atoms with van der Waals surface area (Å²) in [5.74, 6) is -2.56. The summed E-state index contributed by atoms with van der Waals surface area (Å²) in [4.78, 5) is 24.0. The SMILES string of the molecule is NC(CCCNC(=O)c1cccc(O)c1O)CCCNC(=O)c1cccc(O)c1O. The molecule has 162 valence electrons. The molecule has 0 fully saturated rings. The van der Waals surface area contributed by atoms with Crippen LogP contribution in [-0.4, -0.2) is 51.4 Å². The van der Waals surface area contributed by atoms with Gasteiger partial charge in [0.25, 0.3) is 11.8 Å². The summed E-state index contributed by atoms with van der Waals surface area (Å²) in [6.07, 6.45) is 2.59. The zero-order valence-electron chi connectivity index (χ0n) is 16.5. The van der Waals surface area contributed by atoms with Crippen LogP contribution >= 0.6 is 0 Å². The van der Waals surface area contributed by atoms with Gasteiger partial charge in [0, 0.05) is 19.1 Å². The number of aromatic hydroxyl groups is 4. The minimum absolute atomic E-state index is 0.00723. The van der Waals surface area contributed by atoms with E-state index in [0.29, 0.717) is 38.8 Å². The van der Waals surface area contributed by atoms with Gasteiger partial charge in [0.1, 0.15) is 0 Å². The maximum atomic E-state index is 12.0. The first-order valence-corrected chi connectivity index (χ1v) is 9.65. The molecule has 0 saturated heterocycles. The minimum atomic E-state index is -0.477. The Bertz CT molecular complexity index is 816. The number of hydrogen-bond acceptors (Lipinski definition) is 7. The molecule has 0 radical (unpaired) electrons. The zero-order valence-corrected chi connectivity index (χ0v) is 16.5. The van der Waals surface area contributed by atoms with Crippen molar-refractivity contribution in [3.63, 3.8) is 0 Å². The number of para-hydroxylation sites is 2. The van der Waals surface area contributed by atoms with Crippen molar-refractivity contribution < 1.29 is 30.0 Å². The Balaban J connectivity index is 1.62. The molecule has 9 nitrogen and oxygen atoms in total. The third-order valence-electron chi connectivity index (χ3n) is 4.59. The molecule has 0 bridgehead atoms. The average molecular weight is 417 g/mol. The van der Waals surface area contributed by atoms with E-state index >= 15 is 0 Å². The van der Waals surface area contributed by atoms with Crippen molar-refractivity contribution in [1.29, 1.82) is 0 Å². The monoisotopic (exact) mass is 417 g/mol. The number of nitrogens with two attached hydrogens (primary N) is 1. The van der Waals surface area contributed by atoms with Crippen LogP contribution in [-0.2, 0) is 0 Å². The van der Waals surface area contributed by atoms with Gasteiger partial charge < -0.3 is 36.8 Å². The molecule has 2 aromatic carbocycles. The summed E-state index contributed by atoms with van der Waals surface area (Å²) >= 11 is 0. The van der Waals surface area contributed by atoms with Crippen LogP contribution in [0.25, 0.3) is 0 Å². The first kappa shape index (κ1) is 22.8. The second-order valence-electron chi connectivity index (χ2n) is 6.90. The normalized spacial score (nSPS) is 10.7. The van der Waals surface area contributed by atoms with Crippen molar-refractivity contribution in [3.8, 4) is 23.0 Å². The van der Waals surface area contributed by atoms with E-state index in [2.05, 4.69) is 10.6 Å². The van der Waals surface area contributed by atoms with Crippen LogP contribution in [0.2, 0.25) is 0 Å². The smallest absolute Gasteiger partial charge is 0.255 e. The fourth-order valence-corrected chi connectivity index (χ4v) is 2.90. The summed E-state index contributed by atoms with van der Waals surface area (Å²) in [5.41, 5.74) is 6.06. The van der Waals surface area contributed by atoms with Crippen molar-refractivity contribution in [2.45, 2.75) is 31.7 Å². The van der Waals surface area contributed by atoms with E-state index in [1.165, 1.54) is 36.4 Å². The Hall–Kier alpha value is -3.46. The van der Waals surface area contributed by atoms with Crippen LogP contribution in [0.5, 0.6) is 23.0 Å². The predicted octanol–water partition coefficient (Wildman–Crippen LogP) is 1.56. The topological polar surface area (TPSA) is 165 Å². The van der Waals surface area contributed by atoms with Gasteiger partial charge in [-0.05, 0) is 49.9 Å². The standard InChI is InChI=1S/C21H27N3O6/c22-13(5-3-11-23-20(29)14-7-1-9-16(25)18(14)27)6-4-12-24-21(30)15-8-2-10-17(26)19(15)28/h1-2,7-10,13,25-28H,3-6,11-12,22H2,(H,23,29)(H,24,30). The van der Waals surface area contributed by atoms with Crippen LogP contribution < -0.4 is 16.4 Å². The summed E-state index contributed by atoms with van der Waals surface area (Å²) in [6.45, 7) is 0.740. The number of nitrogens with one attached hydrogen (secondary N) is 2. The van der Waals surface area contributed by atoms with Gasteiger partial charge in [-0.25, -0.2) is 0 Å². The van der Waals surface area contributed by atoms with E-state index in [1.54, 1.807) is 0 Å². The number of benzene rings is 2. The van der Waals surface area contributed by atoms with Crippen molar-refractivity contribution in [1.82, 2.24) is 10.6 Å².